The molecule has 2 saturated heterocycles. The van der Waals surface area contributed by atoms with E-state index in [2.05, 4.69) is 9.88 Å². The van der Waals surface area contributed by atoms with Crippen LogP contribution in [0, 0.1) is 5.92 Å². The second kappa shape index (κ2) is 11.6. The topological polar surface area (TPSA) is 66.0 Å². The number of piperidine rings is 1. The van der Waals surface area contributed by atoms with Crippen molar-refractivity contribution in [3.8, 4) is 0 Å². The first kappa shape index (κ1) is 26.4. The number of carbonyl (C=O) groups excluding carboxylic acids is 2. The minimum absolute atomic E-state index is 0.142. The first-order chi connectivity index (χ1) is 17.3. The van der Waals surface area contributed by atoms with Crippen molar-refractivity contribution in [3.05, 3.63) is 58.7 Å². The summed E-state index contributed by atoms with van der Waals surface area (Å²) >= 11 is 6.31. The fraction of sp³-hybridized carbons (Fsp3) is 0.536. The second-order valence-corrected chi connectivity index (χ2v) is 10.6. The van der Waals surface area contributed by atoms with Crippen LogP contribution in [0.15, 0.2) is 42.5 Å². The SMILES string of the molecule is CN(C)C(=O)c1ccc(N2CCC(CCCN(C)C(=O)C3(c4ccccc4)CCOC3)CC2)nc1Cl. The molecule has 7 nitrogen and oxygen atoms in total. The molecule has 2 aliphatic heterocycles. The van der Waals surface area contributed by atoms with Gasteiger partial charge in [0.15, 0.2) is 0 Å². The van der Waals surface area contributed by atoms with E-state index in [4.69, 9.17) is 16.3 Å². The Labute approximate surface area is 219 Å². The molecule has 2 fully saturated rings. The molecular formula is C28H37ClN4O3. The lowest BCUT2D eigenvalue weighted by Gasteiger charge is -2.34. The number of likely N-dealkylation sites (N-methyl/N-ethyl adjacent to an activating group) is 1. The Hall–Kier alpha value is -2.64. The molecule has 1 atom stereocenters. The van der Waals surface area contributed by atoms with Crippen LogP contribution in [0.2, 0.25) is 5.15 Å². The Morgan fingerprint density at radius 2 is 1.83 bits per heavy atom. The minimum Gasteiger partial charge on any atom is -0.380 e. The number of halogens is 1. The van der Waals surface area contributed by atoms with Gasteiger partial charge in [-0.25, -0.2) is 4.98 Å². The smallest absolute Gasteiger partial charge is 0.256 e. The second-order valence-electron chi connectivity index (χ2n) is 10.3. The molecule has 0 radical (unpaired) electrons. The van der Waals surface area contributed by atoms with E-state index < -0.39 is 5.41 Å². The van der Waals surface area contributed by atoms with E-state index in [1.165, 1.54) is 4.90 Å². The highest BCUT2D eigenvalue weighted by molar-refractivity contribution is 6.32. The van der Waals surface area contributed by atoms with Crippen molar-refractivity contribution < 1.29 is 14.3 Å². The average molecular weight is 513 g/mol. The Balaban J connectivity index is 1.25. The molecule has 1 aromatic heterocycles. The van der Waals surface area contributed by atoms with Crippen LogP contribution in [0.1, 0.15) is 48.0 Å². The average Bonchev–Trinajstić information content (AvgIpc) is 3.40. The number of hydrogen-bond donors (Lipinski definition) is 0. The van der Waals surface area contributed by atoms with E-state index in [-0.39, 0.29) is 17.0 Å². The minimum atomic E-state index is -0.553. The fourth-order valence-electron chi connectivity index (χ4n) is 5.38. The standard InChI is InChI=1S/C28H37ClN4O3/c1-31(2)26(34)23-11-12-24(30-25(23)29)33-17-13-21(14-18-33)8-7-16-32(3)27(35)28(15-19-36-20-28)22-9-5-4-6-10-22/h4-6,9-12,21H,7-8,13-20H2,1-3H3. The summed E-state index contributed by atoms with van der Waals surface area (Å²) in [5.74, 6) is 1.48. The van der Waals surface area contributed by atoms with Gasteiger partial charge in [0.1, 0.15) is 11.0 Å². The normalized spacial score (nSPS) is 20.4. The molecule has 2 amide bonds. The third-order valence-corrected chi connectivity index (χ3v) is 7.91. The van der Waals surface area contributed by atoms with Crippen molar-refractivity contribution in [1.82, 2.24) is 14.8 Å². The lowest BCUT2D eigenvalue weighted by Crippen LogP contribution is -2.46. The van der Waals surface area contributed by atoms with Gasteiger partial charge in [0.25, 0.3) is 5.91 Å². The quantitative estimate of drug-likeness (QED) is 0.495. The lowest BCUT2D eigenvalue weighted by atomic mass is 9.78. The molecule has 0 spiro atoms. The summed E-state index contributed by atoms with van der Waals surface area (Å²) in [6.45, 7) is 3.67. The van der Waals surface area contributed by atoms with E-state index in [0.717, 1.165) is 63.1 Å². The van der Waals surface area contributed by atoms with Gasteiger partial charge in [-0.3, -0.25) is 9.59 Å². The number of ether oxygens (including phenoxy) is 1. The molecule has 1 unspecified atom stereocenters. The number of anilines is 1. The number of nitrogens with zero attached hydrogens (tertiary/aromatic N) is 4. The molecule has 194 valence electrons. The summed E-state index contributed by atoms with van der Waals surface area (Å²) in [6.07, 6.45) is 4.99. The van der Waals surface area contributed by atoms with Crippen LogP contribution in [0.3, 0.4) is 0 Å². The number of amides is 2. The molecular weight excluding hydrogens is 476 g/mol. The van der Waals surface area contributed by atoms with Crippen LogP contribution in [-0.4, -0.2) is 80.6 Å². The molecule has 3 heterocycles. The van der Waals surface area contributed by atoms with Crippen LogP contribution < -0.4 is 4.90 Å². The highest BCUT2D eigenvalue weighted by Gasteiger charge is 2.45. The maximum absolute atomic E-state index is 13.5. The van der Waals surface area contributed by atoms with Gasteiger partial charge in [0, 0.05) is 47.4 Å². The zero-order valence-corrected chi connectivity index (χ0v) is 22.3. The van der Waals surface area contributed by atoms with Gasteiger partial charge in [0.05, 0.1) is 17.6 Å². The molecule has 0 bridgehead atoms. The van der Waals surface area contributed by atoms with E-state index in [1.807, 2.05) is 48.3 Å². The van der Waals surface area contributed by atoms with Gasteiger partial charge in [-0.2, -0.15) is 0 Å². The summed E-state index contributed by atoms with van der Waals surface area (Å²) < 4.78 is 5.68. The summed E-state index contributed by atoms with van der Waals surface area (Å²) in [7, 11) is 5.33. The number of hydrogen-bond acceptors (Lipinski definition) is 5. The van der Waals surface area contributed by atoms with Crippen molar-refractivity contribution in [2.75, 3.05) is 58.9 Å². The summed E-state index contributed by atoms with van der Waals surface area (Å²) in [6, 6.07) is 13.7. The molecule has 8 heteroatoms. The van der Waals surface area contributed by atoms with Crippen LogP contribution in [0.5, 0.6) is 0 Å². The van der Waals surface area contributed by atoms with Crippen molar-refractivity contribution in [3.63, 3.8) is 0 Å². The zero-order chi connectivity index (χ0) is 25.7. The third-order valence-electron chi connectivity index (χ3n) is 7.62. The van der Waals surface area contributed by atoms with Crippen LogP contribution >= 0.6 is 11.6 Å². The maximum Gasteiger partial charge on any atom is 0.256 e. The molecule has 2 aliphatic rings. The van der Waals surface area contributed by atoms with Crippen molar-refractivity contribution in [2.24, 2.45) is 5.92 Å². The van der Waals surface area contributed by atoms with E-state index >= 15 is 0 Å². The molecule has 36 heavy (non-hydrogen) atoms. The van der Waals surface area contributed by atoms with Crippen molar-refractivity contribution in [2.45, 2.75) is 37.5 Å². The van der Waals surface area contributed by atoms with Gasteiger partial charge in [-0.05, 0) is 55.7 Å². The molecule has 0 saturated carbocycles. The Morgan fingerprint density at radius 3 is 2.44 bits per heavy atom. The highest BCUT2D eigenvalue weighted by atomic mass is 35.5. The maximum atomic E-state index is 13.5. The Morgan fingerprint density at radius 1 is 1.11 bits per heavy atom. The van der Waals surface area contributed by atoms with Gasteiger partial charge < -0.3 is 19.4 Å². The summed E-state index contributed by atoms with van der Waals surface area (Å²) in [5, 5.41) is 0.252. The van der Waals surface area contributed by atoms with Gasteiger partial charge in [0.2, 0.25) is 5.91 Å². The Bertz CT molecular complexity index is 1050. The lowest BCUT2D eigenvalue weighted by molar-refractivity contribution is -0.136. The molecule has 1 aromatic carbocycles. The number of carbonyl (C=O) groups is 2. The van der Waals surface area contributed by atoms with Gasteiger partial charge in [-0.15, -0.1) is 0 Å². The van der Waals surface area contributed by atoms with E-state index in [1.54, 1.807) is 20.2 Å². The van der Waals surface area contributed by atoms with Crippen LogP contribution in [-0.2, 0) is 14.9 Å². The fourth-order valence-corrected chi connectivity index (χ4v) is 5.61. The predicted octanol–water partition coefficient (Wildman–Crippen LogP) is 4.25. The first-order valence-corrected chi connectivity index (χ1v) is 13.2. The number of rotatable bonds is 8. The molecule has 4 rings (SSSR count). The number of benzene rings is 1. The third kappa shape index (κ3) is 5.68. The van der Waals surface area contributed by atoms with Crippen molar-refractivity contribution in [1.29, 1.82) is 0 Å². The Kier molecular flexibility index (Phi) is 8.52. The summed E-state index contributed by atoms with van der Waals surface area (Å²) in [4.78, 5) is 35.8. The monoisotopic (exact) mass is 512 g/mol. The van der Waals surface area contributed by atoms with E-state index in [9.17, 15) is 9.59 Å². The first-order valence-electron chi connectivity index (χ1n) is 12.8. The van der Waals surface area contributed by atoms with Crippen LogP contribution in [0.4, 0.5) is 5.82 Å². The van der Waals surface area contributed by atoms with Gasteiger partial charge >= 0.3 is 0 Å². The number of pyridine rings is 1. The largest absolute Gasteiger partial charge is 0.380 e. The number of aromatic nitrogens is 1. The van der Waals surface area contributed by atoms with Gasteiger partial charge in [-0.1, -0.05) is 41.9 Å². The molecule has 0 N–H and O–H groups in total. The predicted molar refractivity (Wildman–Crippen MR) is 143 cm³/mol. The molecule has 0 aliphatic carbocycles. The van der Waals surface area contributed by atoms with Crippen molar-refractivity contribution >= 4 is 29.2 Å². The zero-order valence-electron chi connectivity index (χ0n) is 21.6. The highest BCUT2D eigenvalue weighted by Crippen LogP contribution is 2.35. The van der Waals surface area contributed by atoms with E-state index in [0.29, 0.717) is 24.7 Å². The molecule has 2 aromatic rings. The van der Waals surface area contributed by atoms with Crippen LogP contribution in [0.25, 0.3) is 0 Å². The summed E-state index contributed by atoms with van der Waals surface area (Å²) in [5.41, 5.74) is 0.930.